The van der Waals surface area contributed by atoms with Crippen LogP contribution in [0.1, 0.15) is 40.9 Å². The molecule has 0 amide bonds. The lowest BCUT2D eigenvalue weighted by Gasteiger charge is -2.20. The minimum atomic E-state index is -0.0849. The number of nitrogens with zero attached hydrogens (tertiary/aromatic N) is 5. The summed E-state index contributed by atoms with van der Waals surface area (Å²) >= 11 is 0. The topological polar surface area (TPSA) is 88.6 Å². The first-order chi connectivity index (χ1) is 11.0. The normalized spacial score (nSPS) is 20.5. The van der Waals surface area contributed by atoms with Gasteiger partial charge >= 0.3 is 0 Å². The molecule has 1 fully saturated rings. The van der Waals surface area contributed by atoms with Gasteiger partial charge in [-0.25, -0.2) is 9.97 Å². The predicted octanol–water partition coefficient (Wildman–Crippen LogP) is 1.95. The zero-order valence-electron chi connectivity index (χ0n) is 13.8. The number of nitriles is 1. The van der Waals surface area contributed by atoms with Crippen LogP contribution in [0.15, 0.2) is 6.07 Å². The van der Waals surface area contributed by atoms with Gasteiger partial charge in [0.05, 0.1) is 11.7 Å². The maximum Gasteiger partial charge on any atom is 0.224 e. The third kappa shape index (κ3) is 2.90. The van der Waals surface area contributed by atoms with Crippen LogP contribution in [0.25, 0.3) is 0 Å². The SMILES string of the molecule is Cc1cc(C#N)nc(N[C@H]2CCO[C@@H]2c2c(C)nn(C)c2C)n1. The van der Waals surface area contributed by atoms with Crippen LogP contribution >= 0.6 is 0 Å². The lowest BCUT2D eigenvalue weighted by atomic mass is 10.0. The van der Waals surface area contributed by atoms with Crippen molar-refractivity contribution in [1.82, 2.24) is 19.7 Å². The van der Waals surface area contributed by atoms with E-state index in [1.165, 1.54) is 0 Å². The van der Waals surface area contributed by atoms with E-state index in [2.05, 4.69) is 26.5 Å². The van der Waals surface area contributed by atoms with Crippen molar-refractivity contribution >= 4 is 5.95 Å². The van der Waals surface area contributed by atoms with Crippen molar-refractivity contribution in [2.45, 2.75) is 39.3 Å². The molecule has 0 radical (unpaired) electrons. The van der Waals surface area contributed by atoms with E-state index in [0.29, 0.717) is 18.2 Å². The summed E-state index contributed by atoms with van der Waals surface area (Å²) in [5, 5.41) is 16.9. The first kappa shape index (κ1) is 15.4. The van der Waals surface area contributed by atoms with Crippen molar-refractivity contribution < 1.29 is 4.74 Å². The van der Waals surface area contributed by atoms with Crippen LogP contribution in [0.2, 0.25) is 0 Å². The van der Waals surface area contributed by atoms with Gasteiger partial charge in [-0.2, -0.15) is 10.4 Å². The Balaban J connectivity index is 1.88. The molecule has 2 aromatic heterocycles. The highest BCUT2D eigenvalue weighted by atomic mass is 16.5. The van der Waals surface area contributed by atoms with E-state index in [1.807, 2.05) is 32.5 Å². The molecule has 0 unspecified atom stereocenters. The van der Waals surface area contributed by atoms with Crippen molar-refractivity contribution in [3.05, 3.63) is 34.4 Å². The molecular weight excluding hydrogens is 292 g/mol. The van der Waals surface area contributed by atoms with Gasteiger partial charge < -0.3 is 10.1 Å². The van der Waals surface area contributed by atoms with Gasteiger partial charge in [0.2, 0.25) is 5.95 Å². The van der Waals surface area contributed by atoms with Gasteiger partial charge in [0.1, 0.15) is 17.9 Å². The van der Waals surface area contributed by atoms with E-state index in [4.69, 9.17) is 10.00 Å². The molecule has 0 bridgehead atoms. The Kier molecular flexibility index (Phi) is 4.01. The van der Waals surface area contributed by atoms with Crippen molar-refractivity contribution in [1.29, 1.82) is 5.26 Å². The molecule has 1 aliphatic rings. The average Bonchev–Trinajstić information content (AvgIpc) is 3.03. The Bertz CT molecular complexity index is 776. The fourth-order valence-electron chi connectivity index (χ4n) is 3.08. The van der Waals surface area contributed by atoms with E-state index in [-0.39, 0.29) is 12.1 Å². The monoisotopic (exact) mass is 312 g/mol. The second-order valence-electron chi connectivity index (χ2n) is 5.87. The largest absolute Gasteiger partial charge is 0.371 e. The number of aryl methyl sites for hydroxylation is 3. The number of anilines is 1. The van der Waals surface area contributed by atoms with Gasteiger partial charge in [0, 0.05) is 30.6 Å². The summed E-state index contributed by atoms with van der Waals surface area (Å²) in [4.78, 5) is 8.61. The minimum Gasteiger partial charge on any atom is -0.371 e. The van der Waals surface area contributed by atoms with Crippen LogP contribution in [-0.4, -0.2) is 32.4 Å². The Labute approximate surface area is 135 Å². The number of hydrogen-bond donors (Lipinski definition) is 1. The van der Waals surface area contributed by atoms with Gasteiger partial charge in [-0.15, -0.1) is 0 Å². The third-order valence-electron chi connectivity index (χ3n) is 4.22. The van der Waals surface area contributed by atoms with Crippen LogP contribution in [0, 0.1) is 32.1 Å². The number of hydrogen-bond acceptors (Lipinski definition) is 6. The molecule has 7 nitrogen and oxygen atoms in total. The molecule has 23 heavy (non-hydrogen) atoms. The summed E-state index contributed by atoms with van der Waals surface area (Å²) in [6, 6.07) is 3.79. The molecule has 0 aromatic carbocycles. The standard InChI is InChI=1S/C16H20N6O/c1-9-7-12(8-17)19-16(18-9)20-13-5-6-23-15(13)14-10(2)21-22(4)11(14)3/h7,13,15H,5-6H2,1-4H3,(H,18,19,20)/t13-,15-/m0/s1. The number of aromatic nitrogens is 4. The summed E-state index contributed by atoms with van der Waals surface area (Å²) in [6.07, 6.45) is 0.774. The van der Waals surface area contributed by atoms with Crippen molar-refractivity contribution in [2.75, 3.05) is 11.9 Å². The van der Waals surface area contributed by atoms with Gasteiger partial charge in [0.15, 0.2) is 0 Å². The molecular formula is C16H20N6O. The van der Waals surface area contributed by atoms with Crippen molar-refractivity contribution in [3.8, 4) is 6.07 Å². The third-order valence-corrected chi connectivity index (χ3v) is 4.22. The molecule has 2 atom stereocenters. The van der Waals surface area contributed by atoms with Gasteiger partial charge in [-0.1, -0.05) is 0 Å². The molecule has 3 heterocycles. The second kappa shape index (κ2) is 5.97. The lowest BCUT2D eigenvalue weighted by molar-refractivity contribution is 0.106. The van der Waals surface area contributed by atoms with E-state index in [1.54, 1.807) is 6.07 Å². The molecule has 7 heteroatoms. The highest BCUT2D eigenvalue weighted by Crippen LogP contribution is 2.34. The first-order valence-corrected chi connectivity index (χ1v) is 7.63. The van der Waals surface area contributed by atoms with Gasteiger partial charge in [-0.05, 0) is 33.3 Å². The molecule has 0 spiro atoms. The molecule has 3 rings (SSSR count). The van der Waals surface area contributed by atoms with Crippen LogP contribution in [0.4, 0.5) is 5.95 Å². The van der Waals surface area contributed by atoms with Crippen LogP contribution in [-0.2, 0) is 11.8 Å². The molecule has 1 saturated heterocycles. The minimum absolute atomic E-state index is 0.0601. The first-order valence-electron chi connectivity index (χ1n) is 7.63. The quantitative estimate of drug-likeness (QED) is 0.932. The maximum atomic E-state index is 9.05. The van der Waals surface area contributed by atoms with Gasteiger partial charge in [-0.3, -0.25) is 4.68 Å². The summed E-state index contributed by atoms with van der Waals surface area (Å²) < 4.78 is 7.82. The summed E-state index contributed by atoms with van der Waals surface area (Å²) in [7, 11) is 1.94. The molecule has 1 N–H and O–H groups in total. The highest BCUT2D eigenvalue weighted by molar-refractivity contribution is 5.37. The van der Waals surface area contributed by atoms with E-state index < -0.39 is 0 Å². The molecule has 0 aliphatic carbocycles. The number of ether oxygens (including phenoxy) is 1. The number of nitrogens with one attached hydrogen (secondary N) is 1. The van der Waals surface area contributed by atoms with Crippen LogP contribution < -0.4 is 5.32 Å². The second-order valence-corrected chi connectivity index (χ2v) is 5.87. The van der Waals surface area contributed by atoms with E-state index in [0.717, 1.165) is 29.1 Å². The van der Waals surface area contributed by atoms with Crippen molar-refractivity contribution in [2.24, 2.45) is 7.05 Å². The van der Waals surface area contributed by atoms with Crippen molar-refractivity contribution in [3.63, 3.8) is 0 Å². The highest BCUT2D eigenvalue weighted by Gasteiger charge is 2.34. The Morgan fingerprint density at radius 3 is 2.78 bits per heavy atom. The molecule has 0 saturated carbocycles. The fourth-order valence-corrected chi connectivity index (χ4v) is 3.08. The smallest absolute Gasteiger partial charge is 0.224 e. The van der Waals surface area contributed by atoms with Gasteiger partial charge in [0.25, 0.3) is 0 Å². The molecule has 120 valence electrons. The summed E-state index contributed by atoms with van der Waals surface area (Å²) in [5.41, 5.74) is 4.33. The predicted molar refractivity (Wildman–Crippen MR) is 84.9 cm³/mol. The Hall–Kier alpha value is -2.46. The molecule has 1 aliphatic heterocycles. The summed E-state index contributed by atoms with van der Waals surface area (Å²) in [6.45, 7) is 6.57. The number of rotatable bonds is 3. The summed E-state index contributed by atoms with van der Waals surface area (Å²) in [5.74, 6) is 0.473. The fraction of sp³-hybridized carbons (Fsp3) is 0.500. The Morgan fingerprint density at radius 2 is 2.13 bits per heavy atom. The van der Waals surface area contributed by atoms with E-state index in [9.17, 15) is 0 Å². The Morgan fingerprint density at radius 1 is 1.35 bits per heavy atom. The van der Waals surface area contributed by atoms with Crippen LogP contribution in [0.5, 0.6) is 0 Å². The maximum absolute atomic E-state index is 9.05. The lowest BCUT2D eigenvalue weighted by Crippen LogP contribution is -2.25. The van der Waals surface area contributed by atoms with Crippen LogP contribution in [0.3, 0.4) is 0 Å². The zero-order valence-corrected chi connectivity index (χ0v) is 13.8. The molecule has 2 aromatic rings. The average molecular weight is 312 g/mol. The zero-order chi connectivity index (χ0) is 16.6. The van der Waals surface area contributed by atoms with E-state index >= 15 is 0 Å².